The maximum atomic E-state index is 10.5. The predicted octanol–water partition coefficient (Wildman–Crippen LogP) is 2.30. The van der Waals surface area contributed by atoms with Gasteiger partial charge in [0.2, 0.25) is 0 Å². The molecule has 1 nitrogen and oxygen atoms in total. The Kier molecular flexibility index (Phi) is 2.42. The van der Waals surface area contributed by atoms with Gasteiger partial charge >= 0.3 is 0 Å². The Morgan fingerprint density at radius 1 is 1.36 bits per heavy atom. The quantitative estimate of drug-likeness (QED) is 0.588. The zero-order valence-electron chi connectivity index (χ0n) is 6.87. The van der Waals surface area contributed by atoms with Crippen LogP contribution in [0.15, 0.2) is 24.3 Å². The fraction of sp³-hybridized carbons (Fsp3) is 0.300. The Balaban J connectivity index is 3.02. The predicted molar refractivity (Wildman–Crippen MR) is 45.7 cm³/mol. The summed E-state index contributed by atoms with van der Waals surface area (Å²) in [6, 6.07) is 7.96. The van der Waals surface area contributed by atoms with Crippen LogP contribution in [0.3, 0.4) is 0 Å². The van der Waals surface area contributed by atoms with Crippen LogP contribution in [-0.2, 0) is 4.79 Å². The van der Waals surface area contributed by atoms with Crippen molar-refractivity contribution in [2.45, 2.75) is 19.8 Å². The van der Waals surface area contributed by atoms with Gasteiger partial charge in [-0.1, -0.05) is 31.2 Å². The van der Waals surface area contributed by atoms with Gasteiger partial charge in [0.1, 0.15) is 6.29 Å². The maximum Gasteiger partial charge on any atom is 0.127 e. The molecule has 0 radical (unpaired) electrons. The van der Waals surface area contributed by atoms with Gasteiger partial charge in [-0.2, -0.15) is 0 Å². The van der Waals surface area contributed by atoms with Crippen LogP contribution in [0.2, 0.25) is 0 Å². The van der Waals surface area contributed by atoms with E-state index in [0.717, 1.165) is 11.8 Å². The molecule has 58 valence electrons. The van der Waals surface area contributed by atoms with Crippen LogP contribution in [-0.4, -0.2) is 6.29 Å². The third kappa shape index (κ3) is 1.67. The van der Waals surface area contributed by atoms with Crippen LogP contribution in [0.25, 0.3) is 0 Å². The molecular formula is C10H12O. The molecule has 0 amide bonds. The lowest BCUT2D eigenvalue weighted by Gasteiger charge is -2.06. The van der Waals surface area contributed by atoms with Crippen molar-refractivity contribution in [3.63, 3.8) is 0 Å². The van der Waals surface area contributed by atoms with E-state index in [0.29, 0.717) is 0 Å². The minimum atomic E-state index is 0.0243. The van der Waals surface area contributed by atoms with E-state index in [2.05, 4.69) is 0 Å². The SMILES string of the molecule is Cc1ccccc1[C@H](C)C=O. The lowest BCUT2D eigenvalue weighted by Crippen LogP contribution is -1.96. The largest absolute Gasteiger partial charge is 0.303 e. The first-order valence-corrected chi connectivity index (χ1v) is 3.76. The lowest BCUT2D eigenvalue weighted by atomic mass is 9.98. The number of benzene rings is 1. The molecule has 1 aromatic carbocycles. The average molecular weight is 148 g/mol. The molecule has 0 saturated heterocycles. The monoisotopic (exact) mass is 148 g/mol. The summed E-state index contributed by atoms with van der Waals surface area (Å²) in [7, 11) is 0. The molecule has 0 N–H and O–H groups in total. The Bertz CT molecular complexity index is 253. The van der Waals surface area contributed by atoms with Gasteiger partial charge in [0.05, 0.1) is 0 Å². The van der Waals surface area contributed by atoms with Crippen molar-refractivity contribution >= 4 is 6.29 Å². The molecule has 1 heteroatoms. The Morgan fingerprint density at radius 2 is 2.00 bits per heavy atom. The smallest absolute Gasteiger partial charge is 0.127 e. The van der Waals surface area contributed by atoms with E-state index >= 15 is 0 Å². The van der Waals surface area contributed by atoms with Crippen molar-refractivity contribution in [1.29, 1.82) is 0 Å². The van der Waals surface area contributed by atoms with Crippen LogP contribution in [0, 0.1) is 6.92 Å². The standard InChI is InChI=1S/C10H12O/c1-8-5-3-4-6-10(8)9(2)7-11/h3-7,9H,1-2H3/t9-/m1/s1. The van der Waals surface area contributed by atoms with E-state index < -0.39 is 0 Å². The fourth-order valence-electron chi connectivity index (χ4n) is 1.17. The lowest BCUT2D eigenvalue weighted by molar-refractivity contribution is -0.108. The summed E-state index contributed by atoms with van der Waals surface area (Å²) in [4.78, 5) is 10.5. The first-order chi connectivity index (χ1) is 5.25. The summed E-state index contributed by atoms with van der Waals surface area (Å²) >= 11 is 0. The van der Waals surface area contributed by atoms with Gasteiger partial charge in [0.25, 0.3) is 0 Å². The van der Waals surface area contributed by atoms with Gasteiger partial charge in [-0.3, -0.25) is 0 Å². The molecule has 0 bridgehead atoms. The Morgan fingerprint density at radius 3 is 2.55 bits per heavy atom. The number of hydrogen-bond acceptors (Lipinski definition) is 1. The molecule has 0 aromatic heterocycles. The second-order valence-corrected chi connectivity index (χ2v) is 2.78. The molecule has 1 atom stereocenters. The van der Waals surface area contributed by atoms with Crippen LogP contribution in [0.1, 0.15) is 24.0 Å². The number of carbonyl (C=O) groups is 1. The van der Waals surface area contributed by atoms with Crippen molar-refractivity contribution in [3.05, 3.63) is 35.4 Å². The summed E-state index contributed by atoms with van der Waals surface area (Å²) in [6.45, 7) is 3.94. The van der Waals surface area contributed by atoms with Gasteiger partial charge in [-0.25, -0.2) is 0 Å². The molecule has 0 unspecified atom stereocenters. The zero-order chi connectivity index (χ0) is 8.27. The molecular weight excluding hydrogens is 136 g/mol. The molecule has 1 rings (SSSR count). The highest BCUT2D eigenvalue weighted by molar-refractivity contribution is 5.62. The summed E-state index contributed by atoms with van der Waals surface area (Å²) < 4.78 is 0. The van der Waals surface area contributed by atoms with Crippen LogP contribution in [0.4, 0.5) is 0 Å². The van der Waals surface area contributed by atoms with Gasteiger partial charge in [-0.05, 0) is 18.1 Å². The van der Waals surface area contributed by atoms with E-state index in [1.54, 1.807) is 0 Å². The molecule has 0 heterocycles. The van der Waals surface area contributed by atoms with Crippen molar-refractivity contribution in [2.75, 3.05) is 0 Å². The average Bonchev–Trinajstić information content (AvgIpc) is 2.04. The van der Waals surface area contributed by atoms with Gasteiger partial charge in [0.15, 0.2) is 0 Å². The minimum absolute atomic E-state index is 0.0243. The highest BCUT2D eigenvalue weighted by Gasteiger charge is 2.04. The third-order valence-corrected chi connectivity index (χ3v) is 1.88. The van der Waals surface area contributed by atoms with Crippen molar-refractivity contribution in [3.8, 4) is 0 Å². The number of aryl methyl sites for hydroxylation is 1. The van der Waals surface area contributed by atoms with Gasteiger partial charge in [0, 0.05) is 5.92 Å². The zero-order valence-corrected chi connectivity index (χ0v) is 6.87. The summed E-state index contributed by atoms with van der Waals surface area (Å²) in [5.41, 5.74) is 2.31. The van der Waals surface area contributed by atoms with Crippen molar-refractivity contribution in [1.82, 2.24) is 0 Å². The van der Waals surface area contributed by atoms with Crippen molar-refractivity contribution in [2.24, 2.45) is 0 Å². The molecule has 0 saturated carbocycles. The molecule has 11 heavy (non-hydrogen) atoms. The topological polar surface area (TPSA) is 17.1 Å². The van der Waals surface area contributed by atoms with E-state index in [1.807, 2.05) is 38.1 Å². The molecule has 0 spiro atoms. The minimum Gasteiger partial charge on any atom is -0.303 e. The molecule has 0 fully saturated rings. The highest BCUT2D eigenvalue weighted by atomic mass is 16.1. The fourth-order valence-corrected chi connectivity index (χ4v) is 1.17. The number of carbonyl (C=O) groups excluding carboxylic acids is 1. The Hall–Kier alpha value is -1.11. The second kappa shape index (κ2) is 3.33. The van der Waals surface area contributed by atoms with Crippen LogP contribution >= 0.6 is 0 Å². The van der Waals surface area contributed by atoms with E-state index in [-0.39, 0.29) is 5.92 Å². The second-order valence-electron chi connectivity index (χ2n) is 2.78. The van der Waals surface area contributed by atoms with Crippen LogP contribution in [0.5, 0.6) is 0 Å². The van der Waals surface area contributed by atoms with E-state index in [9.17, 15) is 4.79 Å². The third-order valence-electron chi connectivity index (χ3n) is 1.88. The normalized spacial score (nSPS) is 12.5. The van der Waals surface area contributed by atoms with Crippen molar-refractivity contribution < 1.29 is 4.79 Å². The Labute approximate surface area is 67.1 Å². The summed E-state index contributed by atoms with van der Waals surface area (Å²) in [5, 5.41) is 0. The van der Waals surface area contributed by atoms with E-state index in [4.69, 9.17) is 0 Å². The number of rotatable bonds is 2. The molecule has 1 aromatic rings. The molecule has 0 aliphatic rings. The van der Waals surface area contributed by atoms with Gasteiger partial charge in [-0.15, -0.1) is 0 Å². The van der Waals surface area contributed by atoms with Gasteiger partial charge < -0.3 is 4.79 Å². The molecule has 0 aliphatic heterocycles. The van der Waals surface area contributed by atoms with Crippen LogP contribution < -0.4 is 0 Å². The first kappa shape index (κ1) is 7.99. The summed E-state index contributed by atoms with van der Waals surface area (Å²) in [6.07, 6.45) is 0.975. The first-order valence-electron chi connectivity index (χ1n) is 3.76. The molecule has 0 aliphatic carbocycles. The highest BCUT2D eigenvalue weighted by Crippen LogP contribution is 2.16. The van der Waals surface area contributed by atoms with E-state index in [1.165, 1.54) is 5.56 Å². The number of hydrogen-bond donors (Lipinski definition) is 0. The number of aldehydes is 1. The maximum absolute atomic E-state index is 10.5. The summed E-state index contributed by atoms with van der Waals surface area (Å²) in [5.74, 6) is 0.0243.